The molecule has 1 aliphatic heterocycles. The molecule has 6 heteroatoms. The molecule has 0 unspecified atom stereocenters. The number of benzene rings is 1. The average molecular weight is 408 g/mol. The van der Waals surface area contributed by atoms with Crippen LogP contribution in [-0.2, 0) is 18.9 Å². The average Bonchev–Trinajstić information content (AvgIpc) is 2.57. The van der Waals surface area contributed by atoms with E-state index in [0.717, 1.165) is 6.42 Å². The normalized spacial score (nSPS) is 26.1. The molecule has 0 aliphatic carbocycles. The van der Waals surface area contributed by atoms with Crippen LogP contribution >= 0.6 is 0 Å². The van der Waals surface area contributed by atoms with E-state index in [4.69, 9.17) is 14.1 Å². The largest absolute Gasteiger partial charge is 0.469 e. The highest BCUT2D eigenvalue weighted by molar-refractivity contribution is 6.74. The topological polar surface area (TPSA) is 48.0 Å². The van der Waals surface area contributed by atoms with E-state index in [-0.39, 0.29) is 23.3 Å². The number of esters is 1. The molecule has 1 aromatic rings. The summed E-state index contributed by atoms with van der Waals surface area (Å²) in [5.74, 6) is -0.211. The van der Waals surface area contributed by atoms with E-state index in [0.29, 0.717) is 0 Å². The van der Waals surface area contributed by atoms with Crippen LogP contribution in [0, 0.1) is 0 Å². The molecule has 0 N–H and O–H groups in total. The lowest BCUT2D eigenvalue weighted by Gasteiger charge is -2.55. The van der Waals surface area contributed by atoms with E-state index in [1.165, 1.54) is 12.7 Å². The van der Waals surface area contributed by atoms with Crippen LogP contribution in [0.15, 0.2) is 30.3 Å². The second-order valence-corrected chi connectivity index (χ2v) is 14.9. The second-order valence-electron chi connectivity index (χ2n) is 10.2. The highest BCUT2D eigenvalue weighted by atomic mass is 28.4. The van der Waals surface area contributed by atoms with Crippen LogP contribution in [0.3, 0.4) is 0 Å². The first-order valence-electron chi connectivity index (χ1n) is 10.0. The van der Waals surface area contributed by atoms with Crippen molar-refractivity contribution in [3.63, 3.8) is 0 Å². The minimum Gasteiger partial charge on any atom is -0.469 e. The lowest BCUT2D eigenvalue weighted by molar-refractivity contribution is -0.435. The molecule has 5 nitrogen and oxygen atoms in total. The van der Waals surface area contributed by atoms with Gasteiger partial charge in [0.1, 0.15) is 0 Å². The third kappa shape index (κ3) is 4.85. The maximum Gasteiger partial charge on any atom is 0.307 e. The number of ether oxygens (including phenoxy) is 1. The number of rotatable bonds is 5. The summed E-state index contributed by atoms with van der Waals surface area (Å²) in [6.07, 6.45) is 0.968. The molecular weight excluding hydrogens is 370 g/mol. The van der Waals surface area contributed by atoms with Crippen molar-refractivity contribution in [1.29, 1.82) is 0 Å². The third-order valence-corrected chi connectivity index (χ3v) is 10.5. The molecule has 0 aromatic heterocycles. The molecule has 1 saturated heterocycles. The predicted molar refractivity (Wildman–Crippen MR) is 114 cm³/mol. The van der Waals surface area contributed by atoms with Crippen molar-refractivity contribution in [3.8, 4) is 0 Å². The van der Waals surface area contributed by atoms with Gasteiger partial charge in [-0.25, -0.2) is 0 Å². The van der Waals surface area contributed by atoms with Crippen molar-refractivity contribution in [2.24, 2.45) is 0 Å². The van der Waals surface area contributed by atoms with E-state index in [9.17, 15) is 4.79 Å². The third-order valence-electron chi connectivity index (χ3n) is 6.24. The van der Waals surface area contributed by atoms with Crippen LogP contribution in [0.25, 0.3) is 0 Å². The first kappa shape index (κ1) is 23.1. The van der Waals surface area contributed by atoms with Gasteiger partial charge in [-0.1, -0.05) is 56.3 Å². The van der Waals surface area contributed by atoms with Gasteiger partial charge in [0.2, 0.25) is 8.32 Å². The molecule has 0 radical (unpaired) electrons. The molecule has 2 atom stereocenters. The monoisotopic (exact) mass is 407 g/mol. The molecule has 1 aliphatic rings. The lowest BCUT2D eigenvalue weighted by Crippen LogP contribution is -2.63. The highest BCUT2D eigenvalue weighted by Crippen LogP contribution is 2.49. The molecule has 0 bridgehead atoms. The molecule has 0 saturated carbocycles. The van der Waals surface area contributed by atoms with Crippen LogP contribution in [0.5, 0.6) is 0 Å². The fraction of sp³-hybridized carbons (Fsp3) is 0.682. The van der Waals surface area contributed by atoms with Gasteiger partial charge in [0.05, 0.1) is 24.7 Å². The number of hydroxylamine groups is 2. The van der Waals surface area contributed by atoms with Gasteiger partial charge in [-0.3, -0.25) is 9.63 Å². The number of hydrogen-bond acceptors (Lipinski definition) is 5. The lowest BCUT2D eigenvalue weighted by atomic mass is 9.72. The molecule has 0 amide bonds. The number of hydrogen-bond donors (Lipinski definition) is 0. The Labute approximate surface area is 171 Å². The van der Waals surface area contributed by atoms with Gasteiger partial charge in [0, 0.05) is 5.92 Å². The predicted octanol–water partition coefficient (Wildman–Crippen LogP) is 5.44. The SMILES string of the molecule is COC(=O)C[C@]1(C)[C@H](c2ccccc2)CC(C)(C)ON1O[Si](C)(C)C(C)(C)C. The van der Waals surface area contributed by atoms with E-state index in [2.05, 4.69) is 59.8 Å². The summed E-state index contributed by atoms with van der Waals surface area (Å²) in [6, 6.07) is 10.3. The Kier molecular flexibility index (Phi) is 6.51. The molecule has 1 aromatic carbocycles. The zero-order chi connectivity index (χ0) is 21.4. The number of carbonyl (C=O) groups excluding carboxylic acids is 1. The summed E-state index contributed by atoms with van der Waals surface area (Å²) in [5, 5.41) is 1.66. The van der Waals surface area contributed by atoms with Crippen LogP contribution in [-0.4, -0.2) is 37.8 Å². The van der Waals surface area contributed by atoms with E-state index >= 15 is 0 Å². The Morgan fingerprint density at radius 3 is 2.29 bits per heavy atom. The molecule has 28 heavy (non-hydrogen) atoms. The minimum absolute atomic E-state index is 0.00632. The summed E-state index contributed by atoms with van der Waals surface area (Å²) in [5.41, 5.74) is 0.0759. The molecule has 0 spiro atoms. The first-order valence-corrected chi connectivity index (χ1v) is 12.9. The first-order chi connectivity index (χ1) is 12.7. The van der Waals surface area contributed by atoms with Crippen LogP contribution in [0.1, 0.15) is 65.9 Å². The fourth-order valence-electron chi connectivity index (χ4n) is 3.39. The zero-order valence-corrected chi connectivity index (χ0v) is 20.0. The summed E-state index contributed by atoms with van der Waals surface area (Å²) in [4.78, 5) is 18.7. The van der Waals surface area contributed by atoms with Crippen molar-refractivity contribution < 1.29 is 18.9 Å². The van der Waals surface area contributed by atoms with Gasteiger partial charge in [-0.15, -0.1) is 0 Å². The Morgan fingerprint density at radius 1 is 1.21 bits per heavy atom. The molecule has 1 heterocycles. The van der Waals surface area contributed by atoms with E-state index < -0.39 is 19.5 Å². The number of nitrogens with zero attached hydrogens (tertiary/aromatic N) is 1. The zero-order valence-electron chi connectivity index (χ0n) is 19.0. The van der Waals surface area contributed by atoms with Crippen molar-refractivity contribution in [2.75, 3.05) is 7.11 Å². The Balaban J connectivity index is 2.53. The summed E-state index contributed by atoms with van der Waals surface area (Å²) >= 11 is 0. The Bertz CT molecular complexity index is 684. The van der Waals surface area contributed by atoms with Crippen LogP contribution in [0.4, 0.5) is 0 Å². The van der Waals surface area contributed by atoms with Crippen molar-refractivity contribution in [3.05, 3.63) is 35.9 Å². The maximum absolute atomic E-state index is 12.4. The van der Waals surface area contributed by atoms with E-state index in [1.807, 2.05) is 25.1 Å². The Morgan fingerprint density at radius 2 is 1.79 bits per heavy atom. The van der Waals surface area contributed by atoms with Crippen LogP contribution in [0.2, 0.25) is 18.1 Å². The van der Waals surface area contributed by atoms with Crippen LogP contribution < -0.4 is 0 Å². The van der Waals surface area contributed by atoms with Gasteiger partial charge in [0.15, 0.2) is 0 Å². The van der Waals surface area contributed by atoms with Gasteiger partial charge < -0.3 is 9.26 Å². The summed E-state index contributed by atoms with van der Waals surface area (Å²) in [7, 11) is -0.760. The van der Waals surface area contributed by atoms with Gasteiger partial charge in [-0.05, 0) is 50.9 Å². The molecule has 1 fully saturated rings. The van der Waals surface area contributed by atoms with Crippen molar-refractivity contribution in [2.45, 2.75) is 89.6 Å². The fourth-order valence-corrected chi connectivity index (χ4v) is 4.32. The Hall–Kier alpha value is -1.21. The van der Waals surface area contributed by atoms with Crippen molar-refractivity contribution in [1.82, 2.24) is 5.23 Å². The number of carbonyl (C=O) groups is 1. The minimum atomic E-state index is -2.19. The van der Waals surface area contributed by atoms with Crippen molar-refractivity contribution >= 4 is 14.3 Å². The van der Waals surface area contributed by atoms with Gasteiger partial charge in [-0.2, -0.15) is 0 Å². The quantitative estimate of drug-likeness (QED) is 0.480. The summed E-state index contributed by atoms with van der Waals surface area (Å²) < 4.78 is 11.7. The maximum atomic E-state index is 12.4. The van der Waals surface area contributed by atoms with Gasteiger partial charge >= 0.3 is 5.97 Å². The van der Waals surface area contributed by atoms with Gasteiger partial charge in [0.25, 0.3) is 0 Å². The van der Waals surface area contributed by atoms with E-state index in [1.54, 1.807) is 5.23 Å². The summed E-state index contributed by atoms with van der Waals surface area (Å²) in [6.45, 7) is 17.2. The smallest absolute Gasteiger partial charge is 0.307 e. The number of methoxy groups -OCH3 is 1. The second kappa shape index (κ2) is 7.90. The standard InChI is InChI=1S/C22H37NO4Si/c1-20(2,3)28(8,9)27-23-22(6,16-19(24)25-7)18(15-21(4,5)26-23)17-13-11-10-12-14-17/h10-14,18H,15-16H2,1-9H3/t18-,22+/m0/s1. The highest BCUT2D eigenvalue weighted by Gasteiger charge is 2.55. The molecule has 2 rings (SSSR count). The molecular formula is C22H37NO4Si. The molecule has 158 valence electrons.